The number of esters is 1. The smallest absolute Gasteiger partial charge is 0.336 e. The van der Waals surface area contributed by atoms with Crippen LogP contribution in [0.15, 0.2) is 11.6 Å². The number of hydrogen-bond acceptors (Lipinski definition) is 4. The minimum absolute atomic E-state index is 0.153. The second kappa shape index (κ2) is 6.03. The van der Waals surface area contributed by atoms with Gasteiger partial charge < -0.3 is 9.47 Å². The molecule has 4 heteroatoms. The van der Waals surface area contributed by atoms with Crippen LogP contribution in [-0.4, -0.2) is 23.6 Å². The topological polar surface area (TPSA) is 52.6 Å². The molecule has 7 rings (SSSR count). The van der Waals surface area contributed by atoms with Gasteiger partial charge in [0.25, 0.3) is 0 Å². The fourth-order valence-electron chi connectivity index (χ4n) is 12.0. The Kier molecular flexibility index (Phi) is 3.92. The molecule has 5 aliphatic carbocycles. The molecular formula is C30H42O4. The highest BCUT2D eigenvalue weighted by Gasteiger charge is 2.83. The third kappa shape index (κ3) is 2.20. The molecule has 34 heavy (non-hydrogen) atoms. The Morgan fingerprint density at radius 3 is 2.32 bits per heavy atom. The molecule has 6 unspecified atom stereocenters. The van der Waals surface area contributed by atoms with E-state index < -0.39 is 5.79 Å². The third-order valence-corrected chi connectivity index (χ3v) is 13.5. The van der Waals surface area contributed by atoms with Crippen LogP contribution in [0.2, 0.25) is 0 Å². The van der Waals surface area contributed by atoms with Crippen LogP contribution in [0.4, 0.5) is 0 Å². The molecule has 2 aliphatic heterocycles. The summed E-state index contributed by atoms with van der Waals surface area (Å²) >= 11 is 0. The summed E-state index contributed by atoms with van der Waals surface area (Å²) in [5, 5.41) is 0. The van der Waals surface area contributed by atoms with E-state index in [1.165, 1.54) is 32.1 Å². The van der Waals surface area contributed by atoms with E-state index in [1.54, 1.807) is 0 Å². The molecule has 1 saturated heterocycles. The summed E-state index contributed by atoms with van der Waals surface area (Å²) in [7, 11) is 0. The molecule has 2 heterocycles. The molecular weight excluding hydrogens is 424 g/mol. The van der Waals surface area contributed by atoms with Crippen molar-refractivity contribution >= 4 is 11.8 Å². The van der Waals surface area contributed by atoms with E-state index in [4.69, 9.17) is 9.47 Å². The highest BCUT2D eigenvalue weighted by atomic mass is 16.7. The molecule has 0 aromatic rings. The molecule has 0 bridgehead atoms. The van der Waals surface area contributed by atoms with Crippen molar-refractivity contribution in [1.29, 1.82) is 0 Å². The Morgan fingerprint density at radius 1 is 0.912 bits per heavy atom. The first-order valence-corrected chi connectivity index (χ1v) is 14.0. The molecule has 3 spiro atoms. The fraction of sp³-hybridized carbons (Fsp3) is 0.867. The predicted octanol–water partition coefficient (Wildman–Crippen LogP) is 6.23. The molecule has 7 aliphatic rings. The van der Waals surface area contributed by atoms with Gasteiger partial charge in [0.1, 0.15) is 5.78 Å². The highest BCUT2D eigenvalue weighted by Crippen LogP contribution is 2.89. The molecule has 186 valence electrons. The van der Waals surface area contributed by atoms with Gasteiger partial charge in [0, 0.05) is 23.8 Å². The molecule has 5 saturated carbocycles. The van der Waals surface area contributed by atoms with Gasteiger partial charge in [-0.05, 0) is 103 Å². The average Bonchev–Trinajstić information content (AvgIpc) is 3.24. The van der Waals surface area contributed by atoms with Gasteiger partial charge in [0.15, 0.2) is 0 Å². The third-order valence-electron chi connectivity index (χ3n) is 13.5. The summed E-state index contributed by atoms with van der Waals surface area (Å²) in [5.41, 5.74) is 1.87. The quantitative estimate of drug-likeness (QED) is 0.397. The standard InChI is InChI=1S/C30H42O4/c1-17-13-30(14-18(2)24(32)34-30)33-19-15-27(6)21-8-7-20-25(3,4)22(31)9-10-28(20)16-29(21,28)12-11-26(27,5)23(17)19/h14,17,19-21,23H,7-13,15-16H2,1-6H3/t17?,19?,20?,21?,23?,26-,27?,28-,29+,30+/m1/s1. The van der Waals surface area contributed by atoms with E-state index >= 15 is 0 Å². The molecule has 0 aromatic heterocycles. The Balaban J connectivity index is 1.25. The molecule has 0 radical (unpaired) electrons. The minimum atomic E-state index is -0.841. The molecule has 4 nitrogen and oxygen atoms in total. The minimum Gasteiger partial charge on any atom is -0.426 e. The van der Waals surface area contributed by atoms with E-state index in [-0.39, 0.29) is 28.3 Å². The summed E-state index contributed by atoms with van der Waals surface area (Å²) in [4.78, 5) is 25.2. The number of ketones is 1. The number of ether oxygens (including phenoxy) is 2. The number of carbonyl (C=O) groups excluding carboxylic acids is 2. The van der Waals surface area contributed by atoms with Crippen LogP contribution in [0.1, 0.15) is 99.3 Å². The van der Waals surface area contributed by atoms with Crippen molar-refractivity contribution in [2.24, 2.45) is 50.7 Å². The van der Waals surface area contributed by atoms with Crippen LogP contribution >= 0.6 is 0 Å². The lowest BCUT2D eigenvalue weighted by Gasteiger charge is -2.62. The Labute approximate surface area is 204 Å². The lowest BCUT2D eigenvalue weighted by atomic mass is 9.42. The first-order valence-electron chi connectivity index (χ1n) is 14.0. The van der Waals surface area contributed by atoms with Crippen LogP contribution in [0.3, 0.4) is 0 Å². The van der Waals surface area contributed by atoms with Gasteiger partial charge in [-0.3, -0.25) is 4.79 Å². The summed E-state index contributed by atoms with van der Waals surface area (Å²) in [6.45, 7) is 13.9. The van der Waals surface area contributed by atoms with E-state index in [0.29, 0.717) is 39.9 Å². The zero-order chi connectivity index (χ0) is 24.1. The maximum absolute atomic E-state index is 12.9. The van der Waals surface area contributed by atoms with Crippen LogP contribution in [-0.2, 0) is 19.1 Å². The summed E-state index contributed by atoms with van der Waals surface area (Å²) in [6, 6.07) is 0. The first-order chi connectivity index (χ1) is 15.8. The van der Waals surface area contributed by atoms with Gasteiger partial charge >= 0.3 is 5.97 Å². The second-order valence-electron chi connectivity index (χ2n) is 14.7. The largest absolute Gasteiger partial charge is 0.426 e. The number of carbonyl (C=O) groups is 2. The van der Waals surface area contributed by atoms with Crippen molar-refractivity contribution in [2.45, 2.75) is 111 Å². The van der Waals surface area contributed by atoms with Gasteiger partial charge in [0.2, 0.25) is 5.79 Å². The molecule has 10 atom stereocenters. The van der Waals surface area contributed by atoms with E-state index in [9.17, 15) is 9.59 Å². The second-order valence-corrected chi connectivity index (χ2v) is 14.7. The van der Waals surface area contributed by atoms with E-state index in [0.717, 1.165) is 31.6 Å². The number of rotatable bonds is 0. The fourth-order valence-corrected chi connectivity index (χ4v) is 12.0. The summed E-state index contributed by atoms with van der Waals surface area (Å²) in [6.07, 6.45) is 12.3. The van der Waals surface area contributed by atoms with Crippen LogP contribution in [0, 0.1) is 50.7 Å². The summed E-state index contributed by atoms with van der Waals surface area (Å²) in [5.74, 6) is 1.72. The number of fused-ring (bicyclic) bond motifs is 4. The van der Waals surface area contributed by atoms with Crippen molar-refractivity contribution in [2.75, 3.05) is 0 Å². The Bertz CT molecular complexity index is 1040. The van der Waals surface area contributed by atoms with Gasteiger partial charge in [-0.2, -0.15) is 0 Å². The van der Waals surface area contributed by atoms with E-state index in [2.05, 4.69) is 34.6 Å². The molecule has 0 N–H and O–H groups in total. The molecule has 6 fully saturated rings. The van der Waals surface area contributed by atoms with Crippen molar-refractivity contribution in [3.8, 4) is 0 Å². The lowest BCUT2D eigenvalue weighted by Crippen LogP contribution is -2.57. The monoisotopic (exact) mass is 466 g/mol. The van der Waals surface area contributed by atoms with Crippen LogP contribution in [0.25, 0.3) is 0 Å². The van der Waals surface area contributed by atoms with Gasteiger partial charge in [-0.15, -0.1) is 0 Å². The van der Waals surface area contributed by atoms with Crippen LogP contribution < -0.4 is 0 Å². The SMILES string of the molecule is CC1=C[C@]2(CC(C)C3C(CC4(C)C5CCC6C(C)(C)C(=O)CC[C@@]67C[C@@]57CC[C@]34C)O2)OC1=O. The summed E-state index contributed by atoms with van der Waals surface area (Å²) < 4.78 is 12.7. The maximum Gasteiger partial charge on any atom is 0.336 e. The van der Waals surface area contributed by atoms with Gasteiger partial charge in [-0.25, -0.2) is 4.79 Å². The van der Waals surface area contributed by atoms with Crippen molar-refractivity contribution in [1.82, 2.24) is 0 Å². The highest BCUT2D eigenvalue weighted by molar-refractivity contribution is 5.90. The molecule has 0 aromatic carbocycles. The molecule has 0 amide bonds. The van der Waals surface area contributed by atoms with Crippen molar-refractivity contribution < 1.29 is 19.1 Å². The number of hydrogen-bond donors (Lipinski definition) is 0. The normalized spacial score (nSPS) is 58.8. The first kappa shape index (κ1) is 22.1. The Hall–Kier alpha value is -1.16. The maximum atomic E-state index is 12.9. The van der Waals surface area contributed by atoms with Crippen molar-refractivity contribution in [3.63, 3.8) is 0 Å². The predicted molar refractivity (Wildman–Crippen MR) is 129 cm³/mol. The zero-order valence-corrected chi connectivity index (χ0v) is 22.0. The van der Waals surface area contributed by atoms with E-state index in [1.807, 2.05) is 13.0 Å². The zero-order valence-electron chi connectivity index (χ0n) is 22.0. The van der Waals surface area contributed by atoms with Crippen LogP contribution in [0.5, 0.6) is 0 Å². The number of Topliss-reactive ketones (excluding diaryl/α,β-unsaturated/α-hetero) is 1. The van der Waals surface area contributed by atoms with Gasteiger partial charge in [0.05, 0.1) is 6.10 Å². The van der Waals surface area contributed by atoms with Crippen molar-refractivity contribution in [3.05, 3.63) is 11.6 Å². The average molecular weight is 467 g/mol. The van der Waals surface area contributed by atoms with Gasteiger partial charge in [-0.1, -0.05) is 34.6 Å². The Morgan fingerprint density at radius 2 is 1.62 bits per heavy atom. The lowest BCUT2D eigenvalue weighted by molar-refractivity contribution is -0.258.